The second-order valence-electron chi connectivity index (χ2n) is 3.47. The van der Waals surface area contributed by atoms with E-state index in [2.05, 4.69) is 11.4 Å². The molecular formula is C11H15NO2. The summed E-state index contributed by atoms with van der Waals surface area (Å²) in [6.45, 7) is 2.55. The third-order valence-electron chi connectivity index (χ3n) is 2.37. The largest absolute Gasteiger partial charge is 0.497 e. The minimum atomic E-state index is 0.529. The van der Waals surface area contributed by atoms with Crippen LogP contribution in [0.15, 0.2) is 24.3 Å². The van der Waals surface area contributed by atoms with Crippen LogP contribution in [0.3, 0.4) is 0 Å². The Morgan fingerprint density at radius 2 is 2.36 bits per heavy atom. The zero-order valence-electron chi connectivity index (χ0n) is 8.32. The average molecular weight is 193 g/mol. The molecule has 3 heteroatoms. The number of hydrogen-bond acceptors (Lipinski definition) is 3. The molecule has 0 bridgehead atoms. The van der Waals surface area contributed by atoms with E-state index < -0.39 is 0 Å². The fourth-order valence-corrected chi connectivity index (χ4v) is 1.40. The van der Waals surface area contributed by atoms with Crippen molar-refractivity contribution in [1.29, 1.82) is 0 Å². The number of hydrogen-bond donors (Lipinski definition) is 1. The maximum absolute atomic E-state index is 5.15. The molecule has 0 radical (unpaired) electrons. The highest BCUT2D eigenvalue weighted by molar-refractivity contribution is 5.28. The molecule has 0 spiro atoms. The van der Waals surface area contributed by atoms with Crippen molar-refractivity contribution in [3.8, 4) is 5.75 Å². The molecule has 76 valence electrons. The maximum atomic E-state index is 5.15. The zero-order chi connectivity index (χ0) is 9.80. The maximum Gasteiger partial charge on any atom is 0.119 e. The highest BCUT2D eigenvalue weighted by atomic mass is 16.5. The number of rotatable bonds is 4. The standard InChI is InChI=1S/C11H15NO2/c1-13-11-4-2-3-9(5-11)6-12-10-7-14-8-10/h2-5,10,12H,6-8H2,1H3. The third kappa shape index (κ3) is 2.25. The van der Waals surface area contributed by atoms with Crippen molar-refractivity contribution in [3.63, 3.8) is 0 Å². The molecule has 14 heavy (non-hydrogen) atoms. The lowest BCUT2D eigenvalue weighted by atomic mass is 10.2. The van der Waals surface area contributed by atoms with Gasteiger partial charge in [-0.25, -0.2) is 0 Å². The molecule has 2 rings (SSSR count). The van der Waals surface area contributed by atoms with Gasteiger partial charge >= 0.3 is 0 Å². The van der Waals surface area contributed by atoms with E-state index in [1.165, 1.54) is 5.56 Å². The average Bonchev–Trinajstić information content (AvgIpc) is 2.16. The Morgan fingerprint density at radius 1 is 1.50 bits per heavy atom. The lowest BCUT2D eigenvalue weighted by molar-refractivity contribution is -0.00578. The predicted molar refractivity (Wildman–Crippen MR) is 54.4 cm³/mol. The molecule has 0 aromatic heterocycles. The van der Waals surface area contributed by atoms with Gasteiger partial charge in [-0.15, -0.1) is 0 Å². The van der Waals surface area contributed by atoms with Crippen LogP contribution in [0.5, 0.6) is 5.75 Å². The molecule has 1 fully saturated rings. The van der Waals surface area contributed by atoms with Crippen LogP contribution < -0.4 is 10.1 Å². The van der Waals surface area contributed by atoms with Gasteiger partial charge in [-0.05, 0) is 17.7 Å². The molecule has 1 saturated heterocycles. The van der Waals surface area contributed by atoms with Crippen molar-refractivity contribution < 1.29 is 9.47 Å². The topological polar surface area (TPSA) is 30.5 Å². The molecule has 1 aromatic rings. The van der Waals surface area contributed by atoms with Gasteiger partial charge in [0.25, 0.3) is 0 Å². The van der Waals surface area contributed by atoms with Gasteiger partial charge in [-0.2, -0.15) is 0 Å². The Morgan fingerprint density at radius 3 is 3.00 bits per heavy atom. The van der Waals surface area contributed by atoms with Crippen LogP contribution in [-0.2, 0) is 11.3 Å². The van der Waals surface area contributed by atoms with Gasteiger partial charge in [0.1, 0.15) is 5.75 Å². The summed E-state index contributed by atoms with van der Waals surface area (Å²) in [4.78, 5) is 0. The fraction of sp³-hybridized carbons (Fsp3) is 0.455. The number of nitrogens with one attached hydrogen (secondary N) is 1. The lowest BCUT2D eigenvalue weighted by Gasteiger charge is -2.27. The first-order valence-electron chi connectivity index (χ1n) is 4.82. The van der Waals surface area contributed by atoms with Crippen LogP contribution in [0.1, 0.15) is 5.56 Å². The van der Waals surface area contributed by atoms with Gasteiger partial charge < -0.3 is 14.8 Å². The normalized spacial score (nSPS) is 16.4. The Balaban J connectivity index is 1.87. The molecule has 0 amide bonds. The molecule has 1 aliphatic heterocycles. The second kappa shape index (κ2) is 4.44. The van der Waals surface area contributed by atoms with Crippen molar-refractivity contribution in [2.45, 2.75) is 12.6 Å². The summed E-state index contributed by atoms with van der Waals surface area (Å²) >= 11 is 0. The second-order valence-corrected chi connectivity index (χ2v) is 3.47. The van der Waals surface area contributed by atoms with Gasteiger partial charge in [0.15, 0.2) is 0 Å². The van der Waals surface area contributed by atoms with E-state index in [9.17, 15) is 0 Å². The van der Waals surface area contributed by atoms with E-state index >= 15 is 0 Å². The highest BCUT2D eigenvalue weighted by Crippen LogP contribution is 2.12. The Kier molecular flexibility index (Phi) is 3.01. The molecule has 0 aliphatic carbocycles. The van der Waals surface area contributed by atoms with E-state index in [-0.39, 0.29) is 0 Å². The molecule has 3 nitrogen and oxygen atoms in total. The van der Waals surface area contributed by atoms with E-state index in [1.54, 1.807) is 7.11 Å². The van der Waals surface area contributed by atoms with Gasteiger partial charge in [-0.1, -0.05) is 12.1 Å². The van der Waals surface area contributed by atoms with E-state index in [1.807, 2.05) is 18.2 Å². The van der Waals surface area contributed by atoms with Crippen LogP contribution in [0.2, 0.25) is 0 Å². The van der Waals surface area contributed by atoms with Crippen molar-refractivity contribution in [1.82, 2.24) is 5.32 Å². The van der Waals surface area contributed by atoms with Gasteiger partial charge in [-0.3, -0.25) is 0 Å². The monoisotopic (exact) mass is 193 g/mol. The molecule has 1 N–H and O–H groups in total. The van der Waals surface area contributed by atoms with Crippen LogP contribution in [0.4, 0.5) is 0 Å². The minimum Gasteiger partial charge on any atom is -0.497 e. The third-order valence-corrected chi connectivity index (χ3v) is 2.37. The molecule has 1 aromatic carbocycles. The van der Waals surface area contributed by atoms with Crippen LogP contribution in [0, 0.1) is 0 Å². The fourth-order valence-electron chi connectivity index (χ4n) is 1.40. The van der Waals surface area contributed by atoms with Crippen LogP contribution >= 0.6 is 0 Å². The van der Waals surface area contributed by atoms with E-state index in [4.69, 9.17) is 9.47 Å². The Hall–Kier alpha value is -1.06. The number of benzene rings is 1. The van der Waals surface area contributed by atoms with Crippen LogP contribution in [-0.4, -0.2) is 26.4 Å². The lowest BCUT2D eigenvalue weighted by Crippen LogP contribution is -2.45. The summed E-state index contributed by atoms with van der Waals surface area (Å²) in [5.41, 5.74) is 1.25. The summed E-state index contributed by atoms with van der Waals surface area (Å²) in [5, 5.41) is 3.41. The van der Waals surface area contributed by atoms with Crippen molar-refractivity contribution in [2.24, 2.45) is 0 Å². The Bertz CT molecular complexity index is 297. The van der Waals surface area contributed by atoms with Gasteiger partial charge in [0.2, 0.25) is 0 Å². The Labute approximate surface area is 84.0 Å². The number of ether oxygens (including phenoxy) is 2. The summed E-state index contributed by atoms with van der Waals surface area (Å²) < 4.78 is 10.2. The SMILES string of the molecule is COc1cccc(CNC2COC2)c1. The number of methoxy groups -OCH3 is 1. The van der Waals surface area contributed by atoms with Gasteiger partial charge in [0.05, 0.1) is 26.4 Å². The predicted octanol–water partition coefficient (Wildman–Crippen LogP) is 1.18. The smallest absolute Gasteiger partial charge is 0.119 e. The first-order chi connectivity index (χ1) is 6.88. The molecule has 1 heterocycles. The first kappa shape index (κ1) is 9.49. The summed E-state index contributed by atoms with van der Waals surface area (Å²) in [6.07, 6.45) is 0. The van der Waals surface area contributed by atoms with E-state index in [0.29, 0.717) is 6.04 Å². The molecule has 0 saturated carbocycles. The molecular weight excluding hydrogens is 178 g/mol. The van der Waals surface area contributed by atoms with Crippen LogP contribution in [0.25, 0.3) is 0 Å². The van der Waals surface area contributed by atoms with Crippen molar-refractivity contribution >= 4 is 0 Å². The van der Waals surface area contributed by atoms with Crippen molar-refractivity contribution in [2.75, 3.05) is 20.3 Å². The van der Waals surface area contributed by atoms with Gasteiger partial charge in [0, 0.05) is 6.54 Å². The summed E-state index contributed by atoms with van der Waals surface area (Å²) in [7, 11) is 1.69. The molecule has 0 atom stereocenters. The molecule has 0 unspecified atom stereocenters. The highest BCUT2D eigenvalue weighted by Gasteiger charge is 2.16. The van der Waals surface area contributed by atoms with Crippen molar-refractivity contribution in [3.05, 3.63) is 29.8 Å². The first-order valence-corrected chi connectivity index (χ1v) is 4.82. The zero-order valence-corrected chi connectivity index (χ0v) is 8.32. The van der Waals surface area contributed by atoms with E-state index in [0.717, 1.165) is 25.5 Å². The quantitative estimate of drug-likeness (QED) is 0.779. The summed E-state index contributed by atoms with van der Waals surface area (Å²) in [6, 6.07) is 8.63. The molecule has 1 aliphatic rings. The minimum absolute atomic E-state index is 0.529. The summed E-state index contributed by atoms with van der Waals surface area (Å²) in [5.74, 6) is 0.911.